The van der Waals surface area contributed by atoms with Gasteiger partial charge in [0.1, 0.15) is 0 Å². The second-order valence-electron chi connectivity index (χ2n) is 6.54. The summed E-state index contributed by atoms with van der Waals surface area (Å²) in [5.74, 6) is -0.532. The molecule has 0 aliphatic carbocycles. The van der Waals surface area contributed by atoms with Crippen LogP contribution in [0.2, 0.25) is 0 Å². The fourth-order valence-electron chi connectivity index (χ4n) is 4.12. The number of amides is 1. The minimum atomic E-state index is -4.57. The van der Waals surface area contributed by atoms with Gasteiger partial charge in [-0.15, -0.1) is 0 Å². The highest BCUT2D eigenvalue weighted by molar-refractivity contribution is 5.99. The van der Waals surface area contributed by atoms with Crippen molar-refractivity contribution >= 4 is 11.6 Å². The lowest BCUT2D eigenvalue weighted by Crippen LogP contribution is -2.68. The average Bonchev–Trinajstić information content (AvgIpc) is 2.96. The van der Waals surface area contributed by atoms with Crippen molar-refractivity contribution in [2.75, 3.05) is 18.0 Å². The molecule has 0 spiro atoms. The first-order valence-electron chi connectivity index (χ1n) is 8.16. The monoisotopic (exact) mass is 346 g/mol. The zero-order chi connectivity index (χ0) is 17.8. The van der Waals surface area contributed by atoms with E-state index >= 15 is 0 Å². The van der Waals surface area contributed by atoms with Crippen molar-refractivity contribution in [2.24, 2.45) is 0 Å². The van der Waals surface area contributed by atoms with Gasteiger partial charge in [-0.05, 0) is 30.2 Å². The fourth-order valence-corrected chi connectivity index (χ4v) is 4.12. The number of anilines is 1. The lowest BCUT2D eigenvalue weighted by atomic mass is 9.86. The molecule has 2 aromatic carbocycles. The van der Waals surface area contributed by atoms with Crippen molar-refractivity contribution in [2.45, 2.75) is 25.2 Å². The molecule has 0 aromatic heterocycles. The smallest absolute Gasteiger partial charge is 0.339 e. The summed E-state index contributed by atoms with van der Waals surface area (Å²) >= 11 is 0. The number of rotatable bonds is 1. The van der Waals surface area contributed by atoms with Crippen LogP contribution in [0.4, 0.5) is 18.9 Å². The van der Waals surface area contributed by atoms with E-state index in [9.17, 15) is 18.0 Å². The van der Waals surface area contributed by atoms with Crippen LogP contribution >= 0.6 is 0 Å². The topological polar surface area (TPSA) is 23.6 Å². The van der Waals surface area contributed by atoms with Gasteiger partial charge in [0.2, 0.25) is 5.66 Å². The number of para-hydroxylation sites is 1. The zero-order valence-corrected chi connectivity index (χ0v) is 13.7. The molecule has 0 bridgehead atoms. The Bertz CT molecular complexity index is 834. The Hall–Kier alpha value is -2.50. The number of carbonyl (C=O) groups excluding carboxylic acids is 1. The number of hydrogen-bond acceptors (Lipinski definition) is 2. The van der Waals surface area contributed by atoms with E-state index in [4.69, 9.17) is 0 Å². The van der Waals surface area contributed by atoms with E-state index in [0.717, 1.165) is 10.5 Å². The Balaban J connectivity index is 1.93. The largest absolute Gasteiger partial charge is 0.431 e. The molecule has 1 atom stereocenters. The SMILES string of the molecule is Cc1cccc2c1C(=O)N1CCN(c3ccccc3)C1(C(F)(F)F)C2. The predicted molar refractivity (Wildman–Crippen MR) is 88.5 cm³/mol. The first-order chi connectivity index (χ1) is 11.9. The number of carbonyl (C=O) groups is 1. The molecule has 2 aliphatic rings. The summed E-state index contributed by atoms with van der Waals surface area (Å²) in [5.41, 5.74) is -0.256. The van der Waals surface area contributed by atoms with Crippen molar-refractivity contribution in [1.29, 1.82) is 0 Å². The summed E-state index contributed by atoms with van der Waals surface area (Å²) in [5, 5.41) is 0. The van der Waals surface area contributed by atoms with E-state index in [1.165, 1.54) is 4.90 Å². The Labute approximate surface area is 143 Å². The second-order valence-corrected chi connectivity index (χ2v) is 6.54. The van der Waals surface area contributed by atoms with E-state index in [1.54, 1.807) is 55.5 Å². The third-order valence-electron chi connectivity index (χ3n) is 5.22. The number of alkyl halides is 3. The van der Waals surface area contributed by atoms with E-state index in [2.05, 4.69) is 0 Å². The summed E-state index contributed by atoms with van der Waals surface area (Å²) in [4.78, 5) is 15.3. The number of nitrogens with zero attached hydrogens (tertiary/aromatic N) is 2. The lowest BCUT2D eigenvalue weighted by molar-refractivity contribution is -0.215. The first-order valence-corrected chi connectivity index (χ1v) is 8.16. The lowest BCUT2D eigenvalue weighted by Gasteiger charge is -2.48. The van der Waals surface area contributed by atoms with Crippen LogP contribution in [0.1, 0.15) is 21.5 Å². The molecule has 1 amide bonds. The average molecular weight is 346 g/mol. The van der Waals surface area contributed by atoms with Crippen LogP contribution in [0, 0.1) is 6.92 Å². The molecule has 0 N–H and O–H groups in total. The van der Waals surface area contributed by atoms with E-state index in [1.807, 2.05) is 0 Å². The van der Waals surface area contributed by atoms with Crippen molar-refractivity contribution in [1.82, 2.24) is 4.90 Å². The quantitative estimate of drug-likeness (QED) is 0.785. The third-order valence-corrected chi connectivity index (χ3v) is 5.22. The zero-order valence-electron chi connectivity index (χ0n) is 13.7. The standard InChI is InChI=1S/C19H17F3N2O/c1-13-6-5-7-14-12-18(19(20,21)22)23(15-8-3-2-4-9-15)10-11-24(18)17(25)16(13)14/h2-9H,10-12H2,1H3. The van der Waals surface area contributed by atoms with Crippen LogP contribution in [-0.2, 0) is 6.42 Å². The Morgan fingerprint density at radius 3 is 2.32 bits per heavy atom. The van der Waals surface area contributed by atoms with Crippen molar-refractivity contribution in [3.05, 3.63) is 65.2 Å². The van der Waals surface area contributed by atoms with Gasteiger partial charge < -0.3 is 9.80 Å². The van der Waals surface area contributed by atoms with Crippen LogP contribution in [0.3, 0.4) is 0 Å². The number of hydrogen-bond donors (Lipinski definition) is 0. The van der Waals surface area contributed by atoms with Crippen molar-refractivity contribution in [3.8, 4) is 0 Å². The molecule has 1 unspecified atom stereocenters. The summed E-state index contributed by atoms with van der Waals surface area (Å²) in [6.45, 7) is 1.98. The molecule has 2 aromatic rings. The number of aryl methyl sites for hydroxylation is 1. The van der Waals surface area contributed by atoms with Gasteiger partial charge in [-0.3, -0.25) is 4.79 Å². The number of benzene rings is 2. The Kier molecular flexibility index (Phi) is 3.36. The predicted octanol–water partition coefficient (Wildman–Crippen LogP) is 3.77. The molecule has 2 aliphatic heterocycles. The fraction of sp³-hybridized carbons (Fsp3) is 0.316. The molecule has 3 nitrogen and oxygen atoms in total. The van der Waals surface area contributed by atoms with Gasteiger partial charge in [0, 0.05) is 30.8 Å². The summed E-state index contributed by atoms with van der Waals surface area (Å²) < 4.78 is 43.1. The van der Waals surface area contributed by atoms with Gasteiger partial charge in [0.25, 0.3) is 5.91 Å². The van der Waals surface area contributed by atoms with Crippen molar-refractivity contribution in [3.63, 3.8) is 0 Å². The molecule has 0 saturated carbocycles. The normalized spacial score (nSPS) is 22.8. The van der Waals surface area contributed by atoms with Gasteiger partial charge in [0.05, 0.1) is 0 Å². The minimum Gasteiger partial charge on any atom is -0.339 e. The van der Waals surface area contributed by atoms with Crippen LogP contribution in [0.25, 0.3) is 0 Å². The summed E-state index contributed by atoms with van der Waals surface area (Å²) in [6.07, 6.45) is -4.83. The summed E-state index contributed by atoms with van der Waals surface area (Å²) in [6, 6.07) is 13.6. The molecule has 4 rings (SSSR count). The summed E-state index contributed by atoms with van der Waals surface area (Å²) in [7, 11) is 0. The highest BCUT2D eigenvalue weighted by atomic mass is 19.4. The molecule has 1 fully saturated rings. The van der Waals surface area contributed by atoms with Gasteiger partial charge in [-0.2, -0.15) is 13.2 Å². The maximum absolute atomic E-state index is 14.4. The Morgan fingerprint density at radius 1 is 0.960 bits per heavy atom. The minimum absolute atomic E-state index is 0.0566. The molecule has 2 heterocycles. The van der Waals surface area contributed by atoms with Crippen LogP contribution in [0.5, 0.6) is 0 Å². The molecule has 130 valence electrons. The van der Waals surface area contributed by atoms with Gasteiger partial charge in [-0.1, -0.05) is 36.4 Å². The molecule has 1 saturated heterocycles. The van der Waals surface area contributed by atoms with Gasteiger partial charge >= 0.3 is 6.18 Å². The van der Waals surface area contributed by atoms with E-state index in [-0.39, 0.29) is 19.5 Å². The second kappa shape index (κ2) is 5.25. The Morgan fingerprint density at radius 2 is 1.64 bits per heavy atom. The van der Waals surface area contributed by atoms with Crippen LogP contribution < -0.4 is 4.90 Å². The third kappa shape index (κ3) is 2.09. The van der Waals surface area contributed by atoms with Crippen LogP contribution in [-0.4, -0.2) is 35.7 Å². The molecular weight excluding hydrogens is 329 g/mol. The maximum Gasteiger partial charge on any atom is 0.431 e. The van der Waals surface area contributed by atoms with Crippen LogP contribution in [0.15, 0.2) is 48.5 Å². The highest BCUT2D eigenvalue weighted by Gasteiger charge is 2.68. The molecule has 6 heteroatoms. The molecular formula is C19H17F3N2O. The van der Waals surface area contributed by atoms with E-state index < -0.39 is 17.7 Å². The number of fused-ring (bicyclic) bond motifs is 2. The number of halogens is 3. The first kappa shape index (κ1) is 16.0. The van der Waals surface area contributed by atoms with E-state index in [0.29, 0.717) is 16.8 Å². The van der Waals surface area contributed by atoms with Gasteiger partial charge in [0.15, 0.2) is 0 Å². The molecule has 0 radical (unpaired) electrons. The maximum atomic E-state index is 14.4. The molecule has 25 heavy (non-hydrogen) atoms. The van der Waals surface area contributed by atoms with Crippen molar-refractivity contribution < 1.29 is 18.0 Å². The highest BCUT2D eigenvalue weighted by Crippen LogP contribution is 2.49. The van der Waals surface area contributed by atoms with Gasteiger partial charge in [-0.25, -0.2) is 0 Å².